The minimum absolute atomic E-state index is 0.00873. The van der Waals surface area contributed by atoms with Gasteiger partial charge in [-0.05, 0) is 29.8 Å². The van der Waals surface area contributed by atoms with Crippen LogP contribution < -0.4 is 5.32 Å². The van der Waals surface area contributed by atoms with Gasteiger partial charge in [0, 0.05) is 12.1 Å². The van der Waals surface area contributed by atoms with E-state index in [1.165, 1.54) is 12.1 Å². The van der Waals surface area contributed by atoms with Crippen LogP contribution in [0.4, 0.5) is 10.1 Å². The van der Waals surface area contributed by atoms with Crippen molar-refractivity contribution < 1.29 is 9.18 Å². The largest absolute Gasteiger partial charge is 0.378 e. The van der Waals surface area contributed by atoms with Crippen LogP contribution in [0.3, 0.4) is 0 Å². The number of Topliss-reactive ketones (excluding diaryl/α,β-unsaturated/α-hetero) is 1. The third-order valence-electron chi connectivity index (χ3n) is 2.65. The van der Waals surface area contributed by atoms with Crippen molar-refractivity contribution in [3.63, 3.8) is 0 Å². The molecule has 2 aromatic carbocycles. The minimum atomic E-state index is -0.497. The molecule has 19 heavy (non-hydrogen) atoms. The molecule has 0 aliphatic heterocycles. The van der Waals surface area contributed by atoms with Crippen LogP contribution in [0, 0.1) is 5.82 Å². The van der Waals surface area contributed by atoms with E-state index in [4.69, 9.17) is 11.6 Å². The van der Waals surface area contributed by atoms with Gasteiger partial charge in [0.25, 0.3) is 0 Å². The lowest BCUT2D eigenvalue weighted by atomic mass is 10.1. The van der Waals surface area contributed by atoms with Crippen LogP contribution in [0.25, 0.3) is 0 Å². The maximum absolute atomic E-state index is 13.2. The second kappa shape index (κ2) is 6.34. The van der Waals surface area contributed by atoms with E-state index >= 15 is 0 Å². The Labute approximate surface area is 116 Å². The van der Waals surface area contributed by atoms with E-state index in [0.29, 0.717) is 5.56 Å². The molecule has 0 atom stereocenters. The summed E-state index contributed by atoms with van der Waals surface area (Å²) < 4.78 is 13.2. The van der Waals surface area contributed by atoms with Crippen molar-refractivity contribution in [2.24, 2.45) is 0 Å². The van der Waals surface area contributed by atoms with Crippen molar-refractivity contribution in [3.05, 3.63) is 64.9 Å². The van der Waals surface area contributed by atoms with Gasteiger partial charge in [-0.1, -0.05) is 35.9 Å². The topological polar surface area (TPSA) is 29.1 Å². The summed E-state index contributed by atoms with van der Waals surface area (Å²) in [7, 11) is 0. The van der Waals surface area contributed by atoms with E-state index in [1.807, 2.05) is 30.3 Å². The van der Waals surface area contributed by atoms with Crippen LogP contribution in [-0.4, -0.2) is 12.3 Å². The van der Waals surface area contributed by atoms with E-state index in [-0.39, 0.29) is 23.8 Å². The average molecular weight is 278 g/mol. The van der Waals surface area contributed by atoms with E-state index < -0.39 is 5.82 Å². The van der Waals surface area contributed by atoms with Gasteiger partial charge >= 0.3 is 0 Å². The fourth-order valence-corrected chi connectivity index (χ4v) is 1.81. The van der Waals surface area contributed by atoms with Gasteiger partial charge < -0.3 is 5.32 Å². The van der Waals surface area contributed by atoms with Gasteiger partial charge in [0.05, 0.1) is 11.6 Å². The number of rotatable bonds is 5. The first-order valence-electron chi connectivity index (χ1n) is 5.90. The molecule has 0 amide bonds. The molecule has 98 valence electrons. The van der Waals surface area contributed by atoms with Gasteiger partial charge in [-0.2, -0.15) is 0 Å². The normalized spacial score (nSPS) is 10.2. The average Bonchev–Trinajstić information content (AvgIpc) is 2.42. The number of hydrogen-bond acceptors (Lipinski definition) is 2. The minimum Gasteiger partial charge on any atom is -0.378 e. The summed E-state index contributed by atoms with van der Waals surface area (Å²) in [6.45, 7) is 0.217. The third-order valence-corrected chi connectivity index (χ3v) is 2.96. The van der Waals surface area contributed by atoms with E-state index in [1.54, 1.807) is 6.07 Å². The molecule has 0 bridgehead atoms. The summed E-state index contributed by atoms with van der Waals surface area (Å²) in [4.78, 5) is 11.8. The van der Waals surface area contributed by atoms with Gasteiger partial charge in [-0.3, -0.25) is 4.79 Å². The fraction of sp³-hybridized carbons (Fsp3) is 0.133. The van der Waals surface area contributed by atoms with Crippen molar-refractivity contribution in [1.29, 1.82) is 0 Å². The van der Waals surface area contributed by atoms with E-state index in [0.717, 1.165) is 5.69 Å². The highest BCUT2D eigenvalue weighted by atomic mass is 35.5. The number of hydrogen-bond donors (Lipinski definition) is 1. The van der Waals surface area contributed by atoms with Crippen LogP contribution in [0.5, 0.6) is 0 Å². The highest BCUT2D eigenvalue weighted by Gasteiger charge is 2.06. The van der Waals surface area contributed by atoms with Gasteiger partial charge in [0.1, 0.15) is 5.82 Å². The highest BCUT2D eigenvalue weighted by molar-refractivity contribution is 6.30. The first kappa shape index (κ1) is 13.6. The van der Waals surface area contributed by atoms with Crippen molar-refractivity contribution >= 4 is 23.1 Å². The maximum Gasteiger partial charge on any atom is 0.156 e. The third kappa shape index (κ3) is 4.07. The smallest absolute Gasteiger partial charge is 0.156 e. The molecule has 0 aliphatic carbocycles. The summed E-state index contributed by atoms with van der Waals surface area (Å²) in [6, 6.07) is 13.9. The molecular weight excluding hydrogens is 265 g/mol. The van der Waals surface area contributed by atoms with Crippen molar-refractivity contribution in [1.82, 2.24) is 0 Å². The molecule has 1 N–H and O–H groups in total. The monoisotopic (exact) mass is 277 g/mol. The predicted molar refractivity (Wildman–Crippen MR) is 75.1 cm³/mol. The molecule has 4 heteroatoms. The molecule has 2 aromatic rings. The molecule has 0 radical (unpaired) electrons. The molecule has 2 rings (SSSR count). The Balaban J connectivity index is 1.89. The van der Waals surface area contributed by atoms with Crippen molar-refractivity contribution in [2.75, 3.05) is 11.9 Å². The number of para-hydroxylation sites is 1. The molecule has 0 fully saturated rings. The molecule has 2 nitrogen and oxygen atoms in total. The summed E-state index contributed by atoms with van der Waals surface area (Å²) in [5.74, 6) is -0.506. The zero-order valence-corrected chi connectivity index (χ0v) is 11.0. The first-order chi connectivity index (χ1) is 9.15. The summed E-state index contributed by atoms with van der Waals surface area (Å²) >= 11 is 5.59. The quantitative estimate of drug-likeness (QED) is 0.903. The van der Waals surface area contributed by atoms with Crippen LogP contribution in [0.2, 0.25) is 5.02 Å². The fourth-order valence-electron chi connectivity index (χ4n) is 1.70. The summed E-state index contributed by atoms with van der Waals surface area (Å²) in [5, 5.41) is 3.09. The molecule has 0 saturated carbocycles. The van der Waals surface area contributed by atoms with Crippen LogP contribution in [0.15, 0.2) is 48.5 Å². The number of halogens is 2. The van der Waals surface area contributed by atoms with Gasteiger partial charge in [-0.25, -0.2) is 4.39 Å². The SMILES string of the molecule is O=C(CNc1ccccc1)Cc1ccc(Cl)c(F)c1. The Morgan fingerprint density at radius 1 is 1.16 bits per heavy atom. The Bertz CT molecular complexity index is 572. The molecule has 0 aliphatic rings. The van der Waals surface area contributed by atoms with Crippen molar-refractivity contribution in [2.45, 2.75) is 6.42 Å². The molecule has 0 heterocycles. The van der Waals surface area contributed by atoms with Gasteiger partial charge in [-0.15, -0.1) is 0 Å². The van der Waals surface area contributed by atoms with E-state index in [9.17, 15) is 9.18 Å². The van der Waals surface area contributed by atoms with Crippen LogP contribution >= 0.6 is 11.6 Å². The van der Waals surface area contributed by atoms with E-state index in [2.05, 4.69) is 5.32 Å². The number of benzene rings is 2. The maximum atomic E-state index is 13.2. The Morgan fingerprint density at radius 3 is 2.58 bits per heavy atom. The van der Waals surface area contributed by atoms with Crippen LogP contribution in [0.1, 0.15) is 5.56 Å². The summed E-state index contributed by atoms with van der Waals surface area (Å²) in [5.41, 5.74) is 1.51. The predicted octanol–water partition coefficient (Wildman–Crippen LogP) is 3.70. The molecular formula is C15H13ClFNO. The zero-order chi connectivity index (χ0) is 13.7. The number of nitrogens with one attached hydrogen (secondary N) is 1. The lowest BCUT2D eigenvalue weighted by Gasteiger charge is -2.06. The molecule has 0 saturated heterocycles. The Morgan fingerprint density at radius 2 is 1.89 bits per heavy atom. The lowest BCUT2D eigenvalue weighted by molar-refractivity contribution is -0.116. The zero-order valence-electron chi connectivity index (χ0n) is 10.2. The number of ketones is 1. The lowest BCUT2D eigenvalue weighted by Crippen LogP contribution is -2.16. The molecule has 0 unspecified atom stereocenters. The van der Waals surface area contributed by atoms with Crippen molar-refractivity contribution in [3.8, 4) is 0 Å². The first-order valence-corrected chi connectivity index (χ1v) is 6.27. The molecule has 0 aromatic heterocycles. The summed E-state index contributed by atoms with van der Waals surface area (Å²) in [6.07, 6.45) is 0.188. The van der Waals surface area contributed by atoms with Crippen LogP contribution in [-0.2, 0) is 11.2 Å². The number of anilines is 1. The Kier molecular flexibility index (Phi) is 4.53. The second-order valence-electron chi connectivity index (χ2n) is 4.18. The standard InChI is InChI=1S/C15H13ClFNO/c16-14-7-6-11(9-15(14)17)8-13(19)10-18-12-4-2-1-3-5-12/h1-7,9,18H,8,10H2. The number of carbonyl (C=O) groups excluding carboxylic acids is 1. The second-order valence-corrected chi connectivity index (χ2v) is 4.59. The Hall–Kier alpha value is -1.87. The van der Waals surface area contributed by atoms with Gasteiger partial charge in [0.2, 0.25) is 0 Å². The number of carbonyl (C=O) groups is 1. The molecule has 0 spiro atoms. The highest BCUT2D eigenvalue weighted by Crippen LogP contribution is 2.16. The van der Waals surface area contributed by atoms with Gasteiger partial charge in [0.15, 0.2) is 5.78 Å².